The molecular weight excluding hydrogens is 517 g/mol. The van der Waals surface area contributed by atoms with Crippen molar-refractivity contribution in [3.05, 3.63) is 94.3 Å². The van der Waals surface area contributed by atoms with Gasteiger partial charge in [-0.3, -0.25) is 13.9 Å². The molecule has 0 radical (unpaired) electrons. The molecule has 0 saturated carbocycles. The van der Waals surface area contributed by atoms with Gasteiger partial charge in [-0.05, 0) is 74.4 Å². The van der Waals surface area contributed by atoms with Crippen LogP contribution in [0.15, 0.2) is 71.6 Å². The number of nitrogens with zero attached hydrogens (tertiary/aromatic N) is 2. The Labute approximate surface area is 221 Å². The standard InChI is InChI=1S/C27H29ClFN3O4S/c1-18-5-12-24(13-6-18)37(35,36)32(25-14-9-22(28)15-19(25)2)17-26(33)31(20(3)27(34)30-4)16-21-7-10-23(29)11-8-21/h5-15,20H,16-17H2,1-4H3,(H,30,34)/t20-/m0/s1. The Bertz CT molecular complexity index is 1380. The molecule has 0 unspecified atom stereocenters. The number of rotatable bonds is 9. The zero-order valence-electron chi connectivity index (χ0n) is 21.0. The number of sulfonamides is 1. The van der Waals surface area contributed by atoms with Gasteiger partial charge in [-0.15, -0.1) is 0 Å². The second-order valence-electron chi connectivity index (χ2n) is 8.69. The van der Waals surface area contributed by atoms with Crippen molar-refractivity contribution in [2.75, 3.05) is 17.9 Å². The van der Waals surface area contributed by atoms with E-state index in [1.165, 1.54) is 48.3 Å². The van der Waals surface area contributed by atoms with Crippen LogP contribution in [0.3, 0.4) is 0 Å². The summed E-state index contributed by atoms with van der Waals surface area (Å²) in [6.45, 7) is 4.50. The van der Waals surface area contributed by atoms with Crippen molar-refractivity contribution in [1.29, 1.82) is 0 Å². The van der Waals surface area contributed by atoms with Crippen molar-refractivity contribution in [2.45, 2.75) is 38.3 Å². The molecule has 3 aromatic rings. The SMILES string of the molecule is CNC(=O)[C@H](C)N(Cc1ccc(F)cc1)C(=O)CN(c1ccc(Cl)cc1C)S(=O)(=O)c1ccc(C)cc1. The predicted molar refractivity (Wildman–Crippen MR) is 142 cm³/mol. The maximum absolute atomic E-state index is 13.8. The van der Waals surface area contributed by atoms with Gasteiger partial charge < -0.3 is 10.2 Å². The van der Waals surface area contributed by atoms with Crippen LogP contribution in [-0.2, 0) is 26.2 Å². The molecule has 0 saturated heterocycles. The van der Waals surface area contributed by atoms with Crippen LogP contribution in [0.5, 0.6) is 0 Å². The van der Waals surface area contributed by atoms with E-state index in [-0.39, 0.29) is 17.1 Å². The van der Waals surface area contributed by atoms with Crippen LogP contribution < -0.4 is 9.62 Å². The number of anilines is 1. The first-order chi connectivity index (χ1) is 17.4. The molecule has 1 atom stereocenters. The average molecular weight is 546 g/mol. The minimum Gasteiger partial charge on any atom is -0.357 e. The maximum atomic E-state index is 13.8. The molecule has 1 N–H and O–H groups in total. The predicted octanol–water partition coefficient (Wildman–Crippen LogP) is 4.45. The highest BCUT2D eigenvalue weighted by atomic mass is 35.5. The van der Waals surface area contributed by atoms with Crippen LogP contribution >= 0.6 is 11.6 Å². The Morgan fingerprint density at radius 2 is 1.62 bits per heavy atom. The van der Waals surface area contributed by atoms with Crippen LogP contribution in [0.4, 0.5) is 10.1 Å². The molecule has 196 valence electrons. The number of hydrogen-bond donors (Lipinski definition) is 1. The number of aryl methyl sites for hydroxylation is 2. The van der Waals surface area contributed by atoms with Crippen LogP contribution in [-0.4, -0.2) is 44.8 Å². The molecule has 3 rings (SSSR count). The molecule has 10 heteroatoms. The molecule has 0 fully saturated rings. The number of hydrogen-bond acceptors (Lipinski definition) is 4. The number of carbonyl (C=O) groups is 2. The largest absolute Gasteiger partial charge is 0.357 e. The van der Waals surface area contributed by atoms with E-state index in [1.54, 1.807) is 44.2 Å². The Hall–Kier alpha value is -3.43. The smallest absolute Gasteiger partial charge is 0.264 e. The van der Waals surface area contributed by atoms with E-state index in [4.69, 9.17) is 11.6 Å². The van der Waals surface area contributed by atoms with E-state index in [9.17, 15) is 22.4 Å². The minimum absolute atomic E-state index is 0.0182. The number of nitrogens with one attached hydrogen (secondary N) is 1. The first-order valence-corrected chi connectivity index (χ1v) is 13.4. The van der Waals surface area contributed by atoms with Gasteiger partial charge in [-0.25, -0.2) is 12.8 Å². The highest BCUT2D eigenvalue weighted by molar-refractivity contribution is 7.92. The molecule has 0 aliphatic rings. The quantitative estimate of drug-likeness (QED) is 0.430. The summed E-state index contributed by atoms with van der Waals surface area (Å²) in [5.41, 5.74) is 2.31. The van der Waals surface area contributed by atoms with Crippen molar-refractivity contribution in [3.8, 4) is 0 Å². The molecule has 7 nitrogen and oxygen atoms in total. The van der Waals surface area contributed by atoms with Gasteiger partial charge in [0.15, 0.2) is 0 Å². The van der Waals surface area contributed by atoms with E-state index in [0.29, 0.717) is 16.1 Å². The molecule has 37 heavy (non-hydrogen) atoms. The van der Waals surface area contributed by atoms with Gasteiger partial charge in [0.2, 0.25) is 11.8 Å². The van der Waals surface area contributed by atoms with Gasteiger partial charge in [0, 0.05) is 18.6 Å². The van der Waals surface area contributed by atoms with Crippen molar-refractivity contribution < 1.29 is 22.4 Å². The third-order valence-corrected chi connectivity index (χ3v) is 8.00. The van der Waals surface area contributed by atoms with Crippen molar-refractivity contribution in [1.82, 2.24) is 10.2 Å². The van der Waals surface area contributed by atoms with E-state index < -0.39 is 40.2 Å². The summed E-state index contributed by atoms with van der Waals surface area (Å²) in [6, 6.07) is 15.6. The third kappa shape index (κ3) is 6.67. The van der Waals surface area contributed by atoms with Crippen LogP contribution in [0, 0.1) is 19.7 Å². The maximum Gasteiger partial charge on any atom is 0.264 e. The molecule has 2 amide bonds. The summed E-state index contributed by atoms with van der Waals surface area (Å²) in [5, 5.41) is 2.94. The van der Waals surface area contributed by atoms with E-state index in [2.05, 4.69) is 5.32 Å². The molecule has 0 heterocycles. The number of halogens is 2. The highest BCUT2D eigenvalue weighted by Crippen LogP contribution is 2.29. The summed E-state index contributed by atoms with van der Waals surface area (Å²) in [4.78, 5) is 27.5. The van der Waals surface area contributed by atoms with Gasteiger partial charge in [0.1, 0.15) is 18.4 Å². The van der Waals surface area contributed by atoms with E-state index >= 15 is 0 Å². The van der Waals surface area contributed by atoms with Crippen molar-refractivity contribution in [3.63, 3.8) is 0 Å². The number of amides is 2. The summed E-state index contributed by atoms with van der Waals surface area (Å²) >= 11 is 6.11. The first-order valence-electron chi connectivity index (χ1n) is 11.5. The van der Waals surface area contributed by atoms with Crippen molar-refractivity contribution in [2.24, 2.45) is 0 Å². The summed E-state index contributed by atoms with van der Waals surface area (Å²) in [7, 11) is -2.72. The molecule has 3 aromatic carbocycles. The molecule has 0 aromatic heterocycles. The fourth-order valence-electron chi connectivity index (χ4n) is 3.83. The van der Waals surface area contributed by atoms with Gasteiger partial charge >= 0.3 is 0 Å². The van der Waals surface area contributed by atoms with Crippen LogP contribution in [0.2, 0.25) is 5.02 Å². The number of carbonyl (C=O) groups excluding carboxylic acids is 2. The fraction of sp³-hybridized carbons (Fsp3) is 0.259. The normalized spacial score (nSPS) is 12.1. The third-order valence-electron chi connectivity index (χ3n) is 6.00. The lowest BCUT2D eigenvalue weighted by Gasteiger charge is -2.32. The highest BCUT2D eigenvalue weighted by Gasteiger charge is 2.33. The van der Waals surface area contributed by atoms with E-state index in [1.807, 2.05) is 6.92 Å². The Balaban J connectivity index is 2.06. The minimum atomic E-state index is -4.17. The summed E-state index contributed by atoms with van der Waals surface area (Å²) in [6.07, 6.45) is 0. The zero-order chi connectivity index (χ0) is 27.3. The molecule has 0 spiro atoms. The lowest BCUT2D eigenvalue weighted by molar-refractivity contribution is -0.139. The topological polar surface area (TPSA) is 86.8 Å². The van der Waals surface area contributed by atoms with Crippen LogP contribution in [0.1, 0.15) is 23.6 Å². The monoisotopic (exact) mass is 545 g/mol. The van der Waals surface area contributed by atoms with E-state index in [0.717, 1.165) is 9.87 Å². The van der Waals surface area contributed by atoms with Gasteiger partial charge in [0.05, 0.1) is 10.6 Å². The van der Waals surface area contributed by atoms with Crippen molar-refractivity contribution >= 4 is 39.1 Å². The second-order valence-corrected chi connectivity index (χ2v) is 11.0. The fourth-order valence-corrected chi connectivity index (χ4v) is 5.53. The Morgan fingerprint density at radius 1 is 1.00 bits per heavy atom. The zero-order valence-corrected chi connectivity index (χ0v) is 22.6. The number of benzene rings is 3. The summed E-state index contributed by atoms with van der Waals surface area (Å²) < 4.78 is 42.1. The number of likely N-dealkylation sites (N-methyl/N-ethyl adjacent to an activating group) is 1. The summed E-state index contributed by atoms with van der Waals surface area (Å²) in [5.74, 6) is -1.47. The average Bonchev–Trinajstić information content (AvgIpc) is 2.86. The molecular formula is C27H29ClFN3O4S. The van der Waals surface area contributed by atoms with Gasteiger partial charge in [0.25, 0.3) is 10.0 Å². The van der Waals surface area contributed by atoms with Gasteiger partial charge in [-0.1, -0.05) is 41.4 Å². The Morgan fingerprint density at radius 3 is 2.19 bits per heavy atom. The lowest BCUT2D eigenvalue weighted by atomic mass is 10.1. The molecule has 0 aliphatic heterocycles. The molecule has 0 aliphatic carbocycles. The molecule has 0 bridgehead atoms. The van der Waals surface area contributed by atoms with Gasteiger partial charge in [-0.2, -0.15) is 0 Å². The van der Waals surface area contributed by atoms with Crippen LogP contribution in [0.25, 0.3) is 0 Å². The lowest BCUT2D eigenvalue weighted by Crippen LogP contribution is -2.50. The Kier molecular flexibility index (Phi) is 8.94. The first kappa shape index (κ1) is 28.1. The second kappa shape index (κ2) is 11.7.